The fraction of sp³-hybridized carbons (Fsp3) is 1.00. The molecule has 0 aromatic heterocycles. The summed E-state index contributed by atoms with van der Waals surface area (Å²) in [6.45, 7) is 12.8. The van der Waals surface area contributed by atoms with Gasteiger partial charge < -0.3 is 9.64 Å². The van der Waals surface area contributed by atoms with Crippen LogP contribution in [0.4, 0.5) is 0 Å². The van der Waals surface area contributed by atoms with Gasteiger partial charge in [-0.2, -0.15) is 0 Å². The third-order valence-electron chi connectivity index (χ3n) is 4.24. The quantitative estimate of drug-likeness (QED) is 0.745. The van der Waals surface area contributed by atoms with Gasteiger partial charge in [0, 0.05) is 32.7 Å². The summed E-state index contributed by atoms with van der Waals surface area (Å²) in [6.07, 6.45) is 4.62. The summed E-state index contributed by atoms with van der Waals surface area (Å²) in [7, 11) is 0. The van der Waals surface area contributed by atoms with Crippen molar-refractivity contribution in [1.29, 1.82) is 0 Å². The Morgan fingerprint density at radius 1 is 1.12 bits per heavy atom. The first-order valence-electron chi connectivity index (χ1n) is 7.34. The summed E-state index contributed by atoms with van der Waals surface area (Å²) in [6, 6.07) is 0. The first kappa shape index (κ1) is 13.3. The maximum absolute atomic E-state index is 5.58. The maximum Gasteiger partial charge on any atom is 0.0674 e. The minimum atomic E-state index is 0.425. The van der Waals surface area contributed by atoms with Gasteiger partial charge in [0.25, 0.3) is 0 Å². The van der Waals surface area contributed by atoms with Gasteiger partial charge in [0.1, 0.15) is 0 Å². The largest absolute Gasteiger partial charge is 0.376 e. The molecule has 0 spiro atoms. The maximum atomic E-state index is 5.58. The zero-order chi connectivity index (χ0) is 12.1. The Kier molecular flexibility index (Phi) is 5.26. The van der Waals surface area contributed by atoms with E-state index in [4.69, 9.17) is 4.74 Å². The number of hydrogen-bond donors (Lipinski definition) is 0. The van der Waals surface area contributed by atoms with Gasteiger partial charge >= 0.3 is 0 Å². The van der Waals surface area contributed by atoms with Gasteiger partial charge in [-0.3, -0.25) is 4.90 Å². The normalized spacial score (nSPS) is 32.8. The number of morpholine rings is 1. The number of piperidine rings is 1. The van der Waals surface area contributed by atoms with Gasteiger partial charge in [0.2, 0.25) is 0 Å². The van der Waals surface area contributed by atoms with Crippen LogP contribution in [0.25, 0.3) is 0 Å². The van der Waals surface area contributed by atoms with E-state index in [9.17, 15) is 0 Å². The van der Waals surface area contributed by atoms with Crippen LogP contribution in [-0.2, 0) is 4.74 Å². The molecular formula is C14H28N2O. The van der Waals surface area contributed by atoms with Crippen molar-refractivity contribution >= 4 is 0 Å². The fourth-order valence-electron chi connectivity index (χ4n) is 3.06. The van der Waals surface area contributed by atoms with Crippen molar-refractivity contribution in [3.8, 4) is 0 Å². The predicted molar refractivity (Wildman–Crippen MR) is 71.3 cm³/mol. The van der Waals surface area contributed by atoms with Crippen molar-refractivity contribution in [2.24, 2.45) is 5.92 Å². The molecule has 2 aliphatic heterocycles. The van der Waals surface area contributed by atoms with E-state index < -0.39 is 0 Å². The average molecular weight is 240 g/mol. The summed E-state index contributed by atoms with van der Waals surface area (Å²) in [5.74, 6) is 0.951. The van der Waals surface area contributed by atoms with Gasteiger partial charge in [-0.15, -0.1) is 0 Å². The fourth-order valence-corrected chi connectivity index (χ4v) is 3.06. The highest BCUT2D eigenvalue weighted by molar-refractivity contribution is 4.74. The number of likely N-dealkylation sites (tertiary alicyclic amines) is 1. The Balaban J connectivity index is 1.66. The molecule has 0 amide bonds. The average Bonchev–Trinajstić information content (AvgIpc) is 2.37. The zero-order valence-electron chi connectivity index (χ0n) is 11.5. The molecule has 2 saturated heterocycles. The van der Waals surface area contributed by atoms with Crippen LogP contribution in [0.2, 0.25) is 0 Å². The molecule has 3 nitrogen and oxygen atoms in total. The van der Waals surface area contributed by atoms with Gasteiger partial charge in [-0.1, -0.05) is 13.3 Å². The molecule has 0 bridgehead atoms. The Morgan fingerprint density at radius 2 is 1.88 bits per heavy atom. The number of rotatable bonds is 4. The third kappa shape index (κ3) is 4.23. The lowest BCUT2D eigenvalue weighted by atomic mass is 9.96. The molecular weight excluding hydrogens is 212 g/mol. The minimum absolute atomic E-state index is 0.425. The summed E-state index contributed by atoms with van der Waals surface area (Å²) in [5.41, 5.74) is 0. The Bertz CT molecular complexity index is 222. The molecule has 0 aliphatic carbocycles. The smallest absolute Gasteiger partial charge is 0.0674 e. The van der Waals surface area contributed by atoms with E-state index in [1.807, 2.05) is 0 Å². The number of nitrogens with zero attached hydrogens (tertiary/aromatic N) is 2. The first-order valence-corrected chi connectivity index (χ1v) is 7.34. The second-order valence-corrected chi connectivity index (χ2v) is 5.70. The van der Waals surface area contributed by atoms with Gasteiger partial charge in [-0.25, -0.2) is 0 Å². The molecule has 0 N–H and O–H groups in total. The van der Waals surface area contributed by atoms with E-state index >= 15 is 0 Å². The second kappa shape index (κ2) is 6.72. The highest BCUT2D eigenvalue weighted by Crippen LogP contribution is 2.18. The highest BCUT2D eigenvalue weighted by Gasteiger charge is 2.20. The van der Waals surface area contributed by atoms with Crippen LogP contribution in [0.3, 0.4) is 0 Å². The Morgan fingerprint density at radius 3 is 2.59 bits per heavy atom. The van der Waals surface area contributed by atoms with Crippen LogP contribution < -0.4 is 0 Å². The molecule has 1 unspecified atom stereocenters. The van der Waals surface area contributed by atoms with Crippen LogP contribution in [0.1, 0.15) is 33.1 Å². The van der Waals surface area contributed by atoms with Crippen molar-refractivity contribution in [2.45, 2.75) is 39.2 Å². The van der Waals surface area contributed by atoms with Gasteiger partial charge in [-0.05, 0) is 32.2 Å². The Labute approximate surface area is 106 Å². The minimum Gasteiger partial charge on any atom is -0.376 e. The SMILES string of the molecule is CC[C@H]1CCCN(CCN2CCOC(C)C2)C1. The molecule has 2 atom stereocenters. The monoisotopic (exact) mass is 240 g/mol. The van der Waals surface area contributed by atoms with E-state index in [2.05, 4.69) is 23.6 Å². The molecule has 2 aliphatic rings. The zero-order valence-corrected chi connectivity index (χ0v) is 11.5. The van der Waals surface area contributed by atoms with Crippen LogP contribution in [0.5, 0.6) is 0 Å². The molecule has 3 heteroatoms. The summed E-state index contributed by atoms with van der Waals surface area (Å²) in [5, 5.41) is 0. The summed E-state index contributed by atoms with van der Waals surface area (Å²) in [4.78, 5) is 5.22. The first-order chi connectivity index (χ1) is 8.28. The lowest BCUT2D eigenvalue weighted by molar-refractivity contribution is -0.0216. The van der Waals surface area contributed by atoms with E-state index in [0.717, 1.165) is 25.6 Å². The molecule has 2 heterocycles. The lowest BCUT2D eigenvalue weighted by Gasteiger charge is -2.36. The lowest BCUT2D eigenvalue weighted by Crippen LogP contribution is -2.46. The summed E-state index contributed by atoms with van der Waals surface area (Å²) < 4.78 is 5.58. The van der Waals surface area contributed by atoms with Crippen molar-refractivity contribution in [3.63, 3.8) is 0 Å². The van der Waals surface area contributed by atoms with E-state index in [1.165, 1.54) is 45.4 Å². The Hall–Kier alpha value is -0.120. The number of hydrogen-bond acceptors (Lipinski definition) is 3. The summed E-state index contributed by atoms with van der Waals surface area (Å²) >= 11 is 0. The molecule has 100 valence electrons. The predicted octanol–water partition coefficient (Wildman–Crippen LogP) is 1.83. The van der Waals surface area contributed by atoms with Crippen LogP contribution in [0.15, 0.2) is 0 Å². The van der Waals surface area contributed by atoms with Crippen LogP contribution in [-0.4, -0.2) is 61.8 Å². The van der Waals surface area contributed by atoms with E-state index in [0.29, 0.717) is 6.10 Å². The van der Waals surface area contributed by atoms with Gasteiger partial charge in [0.05, 0.1) is 12.7 Å². The molecule has 17 heavy (non-hydrogen) atoms. The topological polar surface area (TPSA) is 15.7 Å². The molecule has 0 aromatic rings. The molecule has 2 rings (SSSR count). The van der Waals surface area contributed by atoms with Gasteiger partial charge in [0.15, 0.2) is 0 Å². The van der Waals surface area contributed by atoms with Crippen molar-refractivity contribution in [3.05, 3.63) is 0 Å². The third-order valence-corrected chi connectivity index (χ3v) is 4.24. The van der Waals surface area contributed by atoms with Crippen molar-refractivity contribution in [2.75, 3.05) is 45.9 Å². The van der Waals surface area contributed by atoms with E-state index in [-0.39, 0.29) is 0 Å². The highest BCUT2D eigenvalue weighted by atomic mass is 16.5. The second-order valence-electron chi connectivity index (χ2n) is 5.70. The number of ether oxygens (including phenoxy) is 1. The molecule has 0 saturated carbocycles. The van der Waals surface area contributed by atoms with Crippen LogP contribution in [0, 0.1) is 5.92 Å². The van der Waals surface area contributed by atoms with Crippen molar-refractivity contribution < 1.29 is 4.74 Å². The van der Waals surface area contributed by atoms with Crippen molar-refractivity contribution in [1.82, 2.24) is 9.80 Å². The molecule has 0 radical (unpaired) electrons. The van der Waals surface area contributed by atoms with Crippen LogP contribution >= 0.6 is 0 Å². The van der Waals surface area contributed by atoms with E-state index in [1.54, 1.807) is 0 Å². The molecule has 2 fully saturated rings. The molecule has 0 aromatic carbocycles. The standard InChI is InChI=1S/C14H28N2O/c1-3-14-5-4-6-15(12-14)7-8-16-9-10-17-13(2)11-16/h13-14H,3-12H2,1-2H3/t13?,14-/m0/s1.